The van der Waals surface area contributed by atoms with Crippen LogP contribution in [-0.4, -0.2) is 35.2 Å². The van der Waals surface area contributed by atoms with Crippen LogP contribution in [0.4, 0.5) is 5.82 Å². The minimum absolute atomic E-state index is 0.00532. The van der Waals surface area contributed by atoms with E-state index in [0.717, 1.165) is 29.5 Å². The van der Waals surface area contributed by atoms with Gasteiger partial charge in [-0.2, -0.15) is 0 Å². The van der Waals surface area contributed by atoms with Crippen LogP contribution in [0.1, 0.15) is 24.8 Å². The van der Waals surface area contributed by atoms with Gasteiger partial charge < -0.3 is 11.1 Å². The largest absolute Gasteiger partial charge is 0.326 e. The van der Waals surface area contributed by atoms with Gasteiger partial charge in [-0.25, -0.2) is 17.8 Å². The third kappa shape index (κ3) is 4.68. The van der Waals surface area contributed by atoms with Crippen molar-refractivity contribution in [2.75, 3.05) is 5.32 Å². The van der Waals surface area contributed by atoms with Crippen molar-refractivity contribution in [2.45, 2.75) is 37.2 Å². The van der Waals surface area contributed by atoms with Crippen LogP contribution >= 0.6 is 0 Å². The lowest BCUT2D eigenvalue weighted by molar-refractivity contribution is -0.122. The van der Waals surface area contributed by atoms with Gasteiger partial charge in [0.15, 0.2) is 5.82 Å². The third-order valence-corrected chi connectivity index (χ3v) is 5.68. The van der Waals surface area contributed by atoms with Crippen molar-refractivity contribution in [3.63, 3.8) is 0 Å². The van der Waals surface area contributed by atoms with Crippen LogP contribution in [0.3, 0.4) is 0 Å². The van der Waals surface area contributed by atoms with Gasteiger partial charge in [-0.1, -0.05) is 23.8 Å². The molecule has 0 radical (unpaired) electrons. The zero-order valence-electron chi connectivity index (χ0n) is 14.5. The van der Waals surface area contributed by atoms with Crippen molar-refractivity contribution in [3.05, 3.63) is 36.0 Å². The zero-order chi connectivity index (χ0) is 19.4. The van der Waals surface area contributed by atoms with Gasteiger partial charge in [0.25, 0.3) is 15.9 Å². The number of anilines is 1. The Hall–Kier alpha value is -2.79. The Morgan fingerprint density at radius 2 is 1.93 bits per heavy atom. The number of benzene rings is 1. The van der Waals surface area contributed by atoms with Crippen LogP contribution in [0.5, 0.6) is 0 Å². The molecule has 2 amide bonds. The molecule has 1 saturated carbocycles. The average Bonchev–Trinajstić information content (AvgIpc) is 2.99. The molecule has 0 bridgehead atoms. The van der Waals surface area contributed by atoms with Crippen LogP contribution in [0.2, 0.25) is 0 Å². The maximum Gasteiger partial charge on any atom is 0.264 e. The fourth-order valence-corrected chi connectivity index (χ4v) is 3.50. The second-order valence-electron chi connectivity index (χ2n) is 6.30. The smallest absolute Gasteiger partial charge is 0.264 e. The first kappa shape index (κ1) is 19.0. The van der Waals surface area contributed by atoms with E-state index in [4.69, 9.17) is 5.73 Å². The molecule has 0 saturated heterocycles. The van der Waals surface area contributed by atoms with Gasteiger partial charge in [0.05, 0.1) is 11.1 Å². The maximum atomic E-state index is 12.2. The topological polar surface area (TPSA) is 149 Å². The molecule has 1 aromatic heterocycles. The highest BCUT2D eigenvalue weighted by atomic mass is 32.2. The average molecular weight is 392 g/mol. The summed E-state index contributed by atoms with van der Waals surface area (Å²) >= 11 is 0. The van der Waals surface area contributed by atoms with Gasteiger partial charge in [-0.15, -0.1) is 5.10 Å². The number of sulfonamides is 1. The summed E-state index contributed by atoms with van der Waals surface area (Å²) in [6, 6.07) is 5.91. The highest BCUT2D eigenvalue weighted by Crippen LogP contribution is 2.27. The number of amides is 2. The second kappa shape index (κ2) is 7.84. The Balaban J connectivity index is 1.57. The molecule has 11 heteroatoms. The summed E-state index contributed by atoms with van der Waals surface area (Å²) < 4.78 is 27.6. The van der Waals surface area contributed by atoms with Gasteiger partial charge in [0, 0.05) is 12.5 Å². The number of nitrogens with one attached hydrogen (secondary N) is 2. The first-order valence-corrected chi connectivity index (χ1v) is 9.91. The molecule has 1 heterocycles. The molecule has 1 aliphatic rings. The van der Waals surface area contributed by atoms with Gasteiger partial charge in [-0.05, 0) is 30.5 Å². The van der Waals surface area contributed by atoms with Crippen LogP contribution in [-0.2, 0) is 32.7 Å². The molecular formula is C16H20N6O4S. The molecule has 27 heavy (non-hydrogen) atoms. The zero-order valence-corrected chi connectivity index (χ0v) is 15.3. The van der Waals surface area contributed by atoms with Crippen LogP contribution in [0.25, 0.3) is 0 Å². The lowest BCUT2D eigenvalue weighted by Gasteiger charge is -2.23. The Bertz CT molecular complexity index is 934. The van der Waals surface area contributed by atoms with Crippen molar-refractivity contribution in [2.24, 2.45) is 11.7 Å². The van der Waals surface area contributed by atoms with Gasteiger partial charge in [0.2, 0.25) is 5.91 Å². The molecule has 4 N–H and O–H groups in total. The maximum absolute atomic E-state index is 12.2. The van der Waals surface area contributed by atoms with E-state index in [1.54, 1.807) is 12.1 Å². The van der Waals surface area contributed by atoms with E-state index in [1.807, 2.05) is 4.72 Å². The first-order valence-electron chi connectivity index (χ1n) is 8.43. The van der Waals surface area contributed by atoms with E-state index >= 15 is 0 Å². The summed E-state index contributed by atoms with van der Waals surface area (Å²) in [5.41, 5.74) is 6.25. The fourth-order valence-electron chi connectivity index (χ4n) is 2.52. The molecule has 10 nitrogen and oxygen atoms in total. The number of nitrogens with zero attached hydrogens (tertiary/aromatic N) is 3. The lowest BCUT2D eigenvalue weighted by Crippen LogP contribution is -2.33. The lowest BCUT2D eigenvalue weighted by atomic mass is 9.85. The Kier molecular flexibility index (Phi) is 5.51. The number of carbonyl (C=O) groups is 2. The number of hydrogen-bond donors (Lipinski definition) is 3. The van der Waals surface area contributed by atoms with Gasteiger partial charge in [-0.3, -0.25) is 9.59 Å². The van der Waals surface area contributed by atoms with E-state index in [-0.39, 0.29) is 29.1 Å². The highest BCUT2D eigenvalue weighted by molar-refractivity contribution is 7.90. The number of rotatable bonds is 7. The van der Waals surface area contributed by atoms with E-state index in [2.05, 4.69) is 15.6 Å². The summed E-state index contributed by atoms with van der Waals surface area (Å²) in [7, 11) is -4.00. The molecule has 1 aliphatic carbocycles. The molecule has 1 fully saturated rings. The van der Waals surface area contributed by atoms with E-state index < -0.39 is 15.9 Å². The Morgan fingerprint density at radius 3 is 2.52 bits per heavy atom. The van der Waals surface area contributed by atoms with Crippen LogP contribution in [0, 0.1) is 5.92 Å². The molecule has 1 aromatic carbocycles. The predicted molar refractivity (Wildman–Crippen MR) is 95.7 cm³/mol. The molecule has 0 aliphatic heterocycles. The highest BCUT2D eigenvalue weighted by Gasteiger charge is 2.26. The molecule has 0 atom stereocenters. The van der Waals surface area contributed by atoms with Crippen molar-refractivity contribution in [1.82, 2.24) is 19.7 Å². The van der Waals surface area contributed by atoms with Gasteiger partial charge in [0.1, 0.15) is 6.54 Å². The monoisotopic (exact) mass is 392 g/mol. The molecule has 0 unspecified atom stereocenters. The minimum Gasteiger partial charge on any atom is -0.326 e. The molecule has 3 rings (SSSR count). The number of carbonyl (C=O) groups excluding carboxylic acids is 2. The van der Waals surface area contributed by atoms with E-state index in [9.17, 15) is 18.0 Å². The third-order valence-electron chi connectivity index (χ3n) is 4.29. The summed E-state index contributed by atoms with van der Waals surface area (Å²) in [6.45, 7) is -0.0645. The summed E-state index contributed by atoms with van der Waals surface area (Å²) in [5.74, 6) is -0.685. The Labute approximate surface area is 156 Å². The Morgan fingerprint density at radius 1 is 1.22 bits per heavy atom. The van der Waals surface area contributed by atoms with Gasteiger partial charge >= 0.3 is 0 Å². The SMILES string of the molecule is NCc1ccc(S(=O)(=O)NC(=O)Cn2cc(NC(=O)C3CCC3)nn2)cc1. The minimum atomic E-state index is -4.00. The number of aromatic nitrogens is 3. The number of nitrogens with two attached hydrogens (primary N) is 1. The second-order valence-corrected chi connectivity index (χ2v) is 7.98. The molecule has 2 aromatic rings. The summed E-state index contributed by atoms with van der Waals surface area (Å²) in [5, 5.41) is 10.1. The van der Waals surface area contributed by atoms with Crippen molar-refractivity contribution in [1.29, 1.82) is 0 Å². The first-order chi connectivity index (χ1) is 12.9. The summed E-state index contributed by atoms with van der Waals surface area (Å²) in [6.07, 6.45) is 4.12. The number of hydrogen-bond acceptors (Lipinski definition) is 7. The van der Waals surface area contributed by atoms with Crippen molar-refractivity contribution in [3.8, 4) is 0 Å². The standard InChI is InChI=1S/C16H20N6O4S/c17-8-11-4-6-13(7-5-11)27(25,26)20-15(23)10-22-9-14(19-21-22)18-16(24)12-2-1-3-12/h4-7,9,12H,1-3,8,10,17H2,(H,18,24)(H,20,23). The summed E-state index contributed by atoms with van der Waals surface area (Å²) in [4.78, 5) is 23.9. The van der Waals surface area contributed by atoms with Crippen LogP contribution < -0.4 is 15.8 Å². The van der Waals surface area contributed by atoms with Crippen molar-refractivity contribution < 1.29 is 18.0 Å². The predicted octanol–water partition coefficient (Wildman–Crippen LogP) is -0.0195. The fraction of sp³-hybridized carbons (Fsp3) is 0.375. The molecule has 0 spiro atoms. The normalized spacial score (nSPS) is 14.4. The molecular weight excluding hydrogens is 372 g/mol. The van der Waals surface area contributed by atoms with E-state index in [0.29, 0.717) is 6.54 Å². The van der Waals surface area contributed by atoms with Crippen LogP contribution in [0.15, 0.2) is 35.4 Å². The van der Waals surface area contributed by atoms with E-state index in [1.165, 1.54) is 18.3 Å². The van der Waals surface area contributed by atoms with Crippen molar-refractivity contribution >= 4 is 27.7 Å². The molecule has 144 valence electrons. The quantitative estimate of drug-likeness (QED) is 0.599.